The van der Waals surface area contributed by atoms with Crippen molar-refractivity contribution in [2.75, 3.05) is 0 Å². The van der Waals surface area contributed by atoms with Crippen molar-refractivity contribution in [3.8, 4) is 10.6 Å². The van der Waals surface area contributed by atoms with Gasteiger partial charge in [-0.2, -0.15) is 5.10 Å². The van der Waals surface area contributed by atoms with Crippen LogP contribution in [-0.4, -0.2) is 19.6 Å². The Hall–Kier alpha value is -1.75. The number of hydrogen-bond acceptors (Lipinski definition) is 4. The zero-order valence-corrected chi connectivity index (χ0v) is 13.7. The van der Waals surface area contributed by atoms with E-state index in [9.17, 15) is 0 Å². The predicted molar refractivity (Wildman–Crippen MR) is 86.9 cm³/mol. The van der Waals surface area contributed by atoms with Gasteiger partial charge in [0.2, 0.25) is 0 Å². The van der Waals surface area contributed by atoms with Crippen LogP contribution in [0.3, 0.4) is 0 Å². The normalized spacial score (nSPS) is 11.7. The highest BCUT2D eigenvalue weighted by atomic mass is 32.1. The third-order valence-corrected chi connectivity index (χ3v) is 4.78. The van der Waals surface area contributed by atoms with Crippen molar-refractivity contribution in [1.29, 1.82) is 0 Å². The number of aryl methyl sites for hydroxylation is 2. The molecule has 0 N–H and O–H groups in total. The highest BCUT2D eigenvalue weighted by Crippen LogP contribution is 2.32. The summed E-state index contributed by atoms with van der Waals surface area (Å²) in [7, 11) is 0. The molecule has 21 heavy (non-hydrogen) atoms. The summed E-state index contributed by atoms with van der Waals surface area (Å²) in [5, 5.41) is 4.70. The molecule has 0 aliphatic heterocycles. The Labute approximate surface area is 128 Å². The molecule has 0 aliphatic rings. The minimum Gasteiger partial charge on any atom is -0.252 e. The summed E-state index contributed by atoms with van der Waals surface area (Å²) in [5.74, 6) is 0.533. The Balaban J connectivity index is 2.31. The maximum absolute atomic E-state index is 4.81. The van der Waals surface area contributed by atoms with Crippen molar-refractivity contribution >= 4 is 17.0 Å². The molecule has 0 bridgehead atoms. The van der Waals surface area contributed by atoms with Gasteiger partial charge in [-0.25, -0.2) is 9.50 Å². The van der Waals surface area contributed by atoms with Crippen molar-refractivity contribution in [2.24, 2.45) is 0 Å². The summed E-state index contributed by atoms with van der Waals surface area (Å²) in [5.41, 5.74) is 7.29. The standard InChI is InChI=1S/C16H20N4S/c1-5-12(6-2)13-7-10(3)19-20-15(11(4)18-16(13)20)14-8-17-9-21-14/h7-9,12H,5-6H2,1-4H3. The average Bonchev–Trinajstić information content (AvgIpc) is 3.07. The second-order valence-corrected chi connectivity index (χ2v) is 6.29. The first-order chi connectivity index (χ1) is 10.2. The summed E-state index contributed by atoms with van der Waals surface area (Å²) < 4.78 is 2.01. The van der Waals surface area contributed by atoms with E-state index in [1.54, 1.807) is 11.3 Å². The largest absolute Gasteiger partial charge is 0.252 e. The van der Waals surface area contributed by atoms with Gasteiger partial charge in [-0.3, -0.25) is 4.98 Å². The number of aromatic nitrogens is 4. The van der Waals surface area contributed by atoms with Gasteiger partial charge in [0, 0.05) is 11.8 Å². The molecule has 0 saturated heterocycles. The van der Waals surface area contributed by atoms with Gasteiger partial charge in [0.25, 0.3) is 0 Å². The van der Waals surface area contributed by atoms with Crippen molar-refractivity contribution < 1.29 is 0 Å². The Morgan fingerprint density at radius 2 is 2.00 bits per heavy atom. The summed E-state index contributed by atoms with van der Waals surface area (Å²) in [6.45, 7) is 8.58. The number of nitrogens with zero attached hydrogens (tertiary/aromatic N) is 4. The number of fused-ring (bicyclic) bond motifs is 1. The van der Waals surface area contributed by atoms with E-state index in [1.165, 1.54) is 5.56 Å². The summed E-state index contributed by atoms with van der Waals surface area (Å²) in [6, 6.07) is 2.19. The molecule has 0 amide bonds. The van der Waals surface area contributed by atoms with Crippen LogP contribution >= 0.6 is 11.3 Å². The third kappa shape index (κ3) is 2.35. The fourth-order valence-electron chi connectivity index (χ4n) is 2.92. The first-order valence-corrected chi connectivity index (χ1v) is 8.29. The van der Waals surface area contributed by atoms with Gasteiger partial charge in [-0.15, -0.1) is 11.3 Å². The first kappa shape index (κ1) is 14.2. The van der Waals surface area contributed by atoms with Crippen LogP contribution in [0.4, 0.5) is 0 Å². The molecule has 0 fully saturated rings. The van der Waals surface area contributed by atoms with E-state index in [4.69, 9.17) is 10.1 Å². The molecule has 0 aromatic carbocycles. The van der Waals surface area contributed by atoms with Crippen molar-refractivity contribution in [2.45, 2.75) is 46.5 Å². The van der Waals surface area contributed by atoms with E-state index < -0.39 is 0 Å². The lowest BCUT2D eigenvalue weighted by molar-refractivity contribution is 0.638. The van der Waals surface area contributed by atoms with Crippen LogP contribution in [0.15, 0.2) is 17.8 Å². The van der Waals surface area contributed by atoms with Crippen LogP contribution in [0.5, 0.6) is 0 Å². The van der Waals surface area contributed by atoms with Gasteiger partial charge in [0.05, 0.1) is 21.8 Å². The van der Waals surface area contributed by atoms with Gasteiger partial charge in [-0.1, -0.05) is 13.8 Å². The third-order valence-electron chi connectivity index (χ3n) is 4.00. The zero-order chi connectivity index (χ0) is 15.0. The zero-order valence-electron chi connectivity index (χ0n) is 12.9. The van der Waals surface area contributed by atoms with Crippen molar-refractivity contribution in [3.63, 3.8) is 0 Å². The molecule has 0 atom stereocenters. The number of imidazole rings is 1. The smallest absolute Gasteiger partial charge is 0.158 e. The first-order valence-electron chi connectivity index (χ1n) is 7.41. The highest BCUT2D eigenvalue weighted by Gasteiger charge is 2.19. The molecule has 110 valence electrons. The summed E-state index contributed by atoms with van der Waals surface area (Å²) in [6.07, 6.45) is 4.14. The molecular formula is C16H20N4S. The van der Waals surface area contributed by atoms with E-state index in [2.05, 4.69) is 38.7 Å². The maximum Gasteiger partial charge on any atom is 0.158 e. The van der Waals surface area contributed by atoms with Crippen molar-refractivity contribution in [1.82, 2.24) is 19.6 Å². The molecule has 5 heteroatoms. The molecule has 3 aromatic heterocycles. The van der Waals surface area contributed by atoms with E-state index >= 15 is 0 Å². The molecule has 0 spiro atoms. The quantitative estimate of drug-likeness (QED) is 0.718. The highest BCUT2D eigenvalue weighted by molar-refractivity contribution is 7.13. The predicted octanol–water partition coefficient (Wildman–Crippen LogP) is 4.37. The maximum atomic E-state index is 4.81. The minimum atomic E-state index is 0.533. The lowest BCUT2D eigenvalue weighted by Crippen LogP contribution is -2.04. The van der Waals surface area contributed by atoms with Crippen LogP contribution < -0.4 is 0 Å². The van der Waals surface area contributed by atoms with Gasteiger partial charge >= 0.3 is 0 Å². The number of rotatable bonds is 4. The van der Waals surface area contributed by atoms with Crippen LogP contribution in [0.1, 0.15) is 49.6 Å². The Bertz CT molecular complexity index is 754. The van der Waals surface area contributed by atoms with Gasteiger partial charge < -0.3 is 0 Å². The molecule has 0 unspecified atom stereocenters. The number of thiazole rings is 1. The van der Waals surface area contributed by atoms with Gasteiger partial charge in [0.15, 0.2) is 5.65 Å². The average molecular weight is 300 g/mol. The fraction of sp³-hybridized carbons (Fsp3) is 0.438. The molecule has 4 nitrogen and oxygen atoms in total. The molecule has 3 heterocycles. The van der Waals surface area contributed by atoms with E-state index in [0.29, 0.717) is 5.92 Å². The van der Waals surface area contributed by atoms with Crippen LogP contribution in [0.25, 0.3) is 16.2 Å². The Kier molecular flexibility index (Phi) is 3.76. The van der Waals surface area contributed by atoms with Gasteiger partial charge in [0.1, 0.15) is 5.69 Å². The SMILES string of the molecule is CCC(CC)c1cc(C)nn2c(-c3cncs3)c(C)nc12. The monoisotopic (exact) mass is 300 g/mol. The minimum absolute atomic E-state index is 0.533. The molecule has 0 aliphatic carbocycles. The fourth-order valence-corrected chi connectivity index (χ4v) is 3.63. The van der Waals surface area contributed by atoms with Crippen molar-refractivity contribution in [3.05, 3.63) is 34.7 Å². The second-order valence-electron chi connectivity index (χ2n) is 5.40. The Morgan fingerprint density at radius 3 is 2.62 bits per heavy atom. The number of hydrogen-bond donors (Lipinski definition) is 0. The topological polar surface area (TPSA) is 43.1 Å². The Morgan fingerprint density at radius 1 is 1.24 bits per heavy atom. The molecule has 3 rings (SSSR count). The van der Waals surface area contributed by atoms with E-state index in [1.807, 2.05) is 16.2 Å². The van der Waals surface area contributed by atoms with E-state index in [0.717, 1.165) is 40.4 Å². The van der Waals surface area contributed by atoms with Gasteiger partial charge in [-0.05, 0) is 38.7 Å². The summed E-state index contributed by atoms with van der Waals surface area (Å²) in [4.78, 5) is 10.1. The molecule has 3 aromatic rings. The lowest BCUT2D eigenvalue weighted by atomic mass is 9.95. The molecular weight excluding hydrogens is 280 g/mol. The van der Waals surface area contributed by atoms with Crippen LogP contribution in [-0.2, 0) is 0 Å². The van der Waals surface area contributed by atoms with E-state index in [-0.39, 0.29) is 0 Å². The van der Waals surface area contributed by atoms with Crippen LogP contribution in [0, 0.1) is 13.8 Å². The summed E-state index contributed by atoms with van der Waals surface area (Å²) >= 11 is 1.63. The molecule has 0 saturated carbocycles. The second kappa shape index (κ2) is 5.56. The lowest BCUT2D eigenvalue weighted by Gasteiger charge is -2.14. The van der Waals surface area contributed by atoms with Crippen LogP contribution in [0.2, 0.25) is 0 Å². The molecule has 0 radical (unpaired) electrons.